The van der Waals surface area contributed by atoms with Gasteiger partial charge >= 0.3 is 12.1 Å². The van der Waals surface area contributed by atoms with Crippen LogP contribution < -0.4 is 0 Å². The van der Waals surface area contributed by atoms with Crippen molar-refractivity contribution in [3.05, 3.63) is 0 Å². The van der Waals surface area contributed by atoms with Crippen molar-refractivity contribution < 1.29 is 36.3 Å². The minimum atomic E-state index is -4.75. The molecule has 1 aliphatic carbocycles. The van der Waals surface area contributed by atoms with Crippen molar-refractivity contribution >= 4 is 21.7 Å². The molecule has 2 fully saturated rings. The molecule has 23 heavy (non-hydrogen) atoms. The van der Waals surface area contributed by atoms with Crippen molar-refractivity contribution in [3.8, 4) is 0 Å². The minimum Gasteiger partial charge on any atom is -0.481 e. The Morgan fingerprint density at radius 2 is 1.70 bits per heavy atom. The molecular formula is C13H18F3NO5S. The Morgan fingerprint density at radius 3 is 2.13 bits per heavy atom. The summed E-state index contributed by atoms with van der Waals surface area (Å²) in [7, 11) is -3.71. The van der Waals surface area contributed by atoms with Crippen LogP contribution in [0, 0.1) is 11.8 Å². The van der Waals surface area contributed by atoms with Crippen LogP contribution in [0.2, 0.25) is 0 Å². The lowest BCUT2D eigenvalue weighted by Gasteiger charge is -2.19. The van der Waals surface area contributed by atoms with E-state index in [-0.39, 0.29) is 0 Å². The third-order valence-corrected chi connectivity index (χ3v) is 6.68. The van der Waals surface area contributed by atoms with Crippen LogP contribution in [0.1, 0.15) is 25.7 Å². The first-order valence-electron chi connectivity index (χ1n) is 7.31. The lowest BCUT2D eigenvalue weighted by atomic mass is 9.96. The third kappa shape index (κ3) is 3.96. The Kier molecular flexibility index (Phi) is 4.93. The summed E-state index contributed by atoms with van der Waals surface area (Å²) in [5.74, 6) is -7.36. The van der Waals surface area contributed by atoms with Crippen LogP contribution in [0.5, 0.6) is 0 Å². The van der Waals surface area contributed by atoms with Gasteiger partial charge in [0.2, 0.25) is 5.91 Å². The summed E-state index contributed by atoms with van der Waals surface area (Å²) in [5, 5.41) is 8.27. The second-order valence-corrected chi connectivity index (χ2v) is 8.39. The summed E-state index contributed by atoms with van der Waals surface area (Å²) in [6, 6.07) is 0. The molecule has 1 saturated carbocycles. The lowest BCUT2D eigenvalue weighted by Crippen LogP contribution is -2.37. The molecule has 2 aliphatic rings. The fourth-order valence-electron chi connectivity index (χ4n) is 3.22. The number of carbonyl (C=O) groups is 2. The number of carboxylic acids is 1. The first kappa shape index (κ1) is 18.0. The van der Waals surface area contributed by atoms with Gasteiger partial charge in [-0.05, 0) is 12.8 Å². The highest BCUT2D eigenvalue weighted by molar-refractivity contribution is 7.92. The summed E-state index contributed by atoms with van der Waals surface area (Å²) in [6.45, 7) is -1.42. The van der Waals surface area contributed by atoms with Gasteiger partial charge in [0.1, 0.15) is 5.75 Å². The number of carbonyl (C=O) groups excluding carboxylic acids is 1. The van der Waals surface area contributed by atoms with Gasteiger partial charge in [0, 0.05) is 13.1 Å². The van der Waals surface area contributed by atoms with Gasteiger partial charge in [0.25, 0.3) is 0 Å². The predicted molar refractivity (Wildman–Crippen MR) is 73.3 cm³/mol. The van der Waals surface area contributed by atoms with E-state index in [2.05, 4.69) is 0 Å². The van der Waals surface area contributed by atoms with Gasteiger partial charge in [0.05, 0.1) is 17.1 Å². The summed E-state index contributed by atoms with van der Waals surface area (Å²) < 4.78 is 62.8. The van der Waals surface area contributed by atoms with Gasteiger partial charge in [-0.2, -0.15) is 13.2 Å². The van der Waals surface area contributed by atoms with E-state index in [4.69, 9.17) is 5.11 Å². The third-order valence-electron chi connectivity index (χ3n) is 4.54. The normalized spacial score (nSPS) is 26.7. The molecule has 0 aromatic carbocycles. The van der Waals surface area contributed by atoms with Crippen LogP contribution in [0.15, 0.2) is 0 Å². The van der Waals surface area contributed by atoms with Crippen molar-refractivity contribution in [1.29, 1.82) is 0 Å². The second kappa shape index (κ2) is 6.29. The van der Waals surface area contributed by atoms with E-state index in [1.54, 1.807) is 0 Å². The molecule has 0 aromatic rings. The van der Waals surface area contributed by atoms with Crippen LogP contribution in [0.4, 0.5) is 13.2 Å². The molecule has 0 unspecified atom stereocenters. The number of halogens is 3. The summed E-state index contributed by atoms with van der Waals surface area (Å²) in [6.07, 6.45) is -2.34. The standard InChI is InChI=1S/C13H18F3NO5S/c14-13(15,16)10-6-17(5-9(10)12(19)20)11(18)7-23(21,22)8-3-1-2-4-8/h8-10H,1-7H2,(H,19,20)/t9-,10-/m1/s1. The summed E-state index contributed by atoms with van der Waals surface area (Å²) in [4.78, 5) is 23.7. The van der Waals surface area contributed by atoms with Crippen molar-refractivity contribution in [3.63, 3.8) is 0 Å². The number of alkyl halides is 3. The number of carboxylic acid groups (broad SMARTS) is 1. The van der Waals surface area contributed by atoms with Crippen LogP contribution in [-0.4, -0.2) is 60.6 Å². The molecular weight excluding hydrogens is 339 g/mol. The zero-order valence-corrected chi connectivity index (χ0v) is 13.1. The molecule has 0 radical (unpaired) electrons. The fraction of sp³-hybridized carbons (Fsp3) is 0.846. The van der Waals surface area contributed by atoms with E-state index in [9.17, 15) is 31.2 Å². The Balaban J connectivity index is 2.07. The fourth-order valence-corrected chi connectivity index (χ4v) is 5.03. The molecule has 0 aromatic heterocycles. The molecule has 1 heterocycles. The number of likely N-dealkylation sites (tertiary alicyclic amines) is 1. The maximum atomic E-state index is 12.9. The summed E-state index contributed by atoms with van der Waals surface area (Å²) in [5.41, 5.74) is 0. The van der Waals surface area contributed by atoms with Crippen LogP contribution in [0.3, 0.4) is 0 Å². The number of sulfone groups is 1. The predicted octanol–water partition coefficient (Wildman–Crippen LogP) is 1.07. The van der Waals surface area contributed by atoms with E-state index in [1.165, 1.54) is 0 Å². The van der Waals surface area contributed by atoms with Gasteiger partial charge in [-0.25, -0.2) is 8.42 Å². The lowest BCUT2D eigenvalue weighted by molar-refractivity contribution is -0.188. The van der Waals surface area contributed by atoms with Gasteiger partial charge in [-0.15, -0.1) is 0 Å². The molecule has 132 valence electrons. The van der Waals surface area contributed by atoms with Crippen LogP contribution >= 0.6 is 0 Å². The number of hydrogen-bond donors (Lipinski definition) is 1. The first-order valence-corrected chi connectivity index (χ1v) is 9.03. The van der Waals surface area contributed by atoms with E-state index in [0.29, 0.717) is 17.7 Å². The Labute approximate surface area is 131 Å². The Bertz CT molecular complexity index is 583. The van der Waals surface area contributed by atoms with E-state index < -0.39 is 63.8 Å². The van der Waals surface area contributed by atoms with E-state index in [1.807, 2.05) is 0 Å². The number of aliphatic carboxylic acids is 1. The first-order chi connectivity index (χ1) is 10.5. The van der Waals surface area contributed by atoms with E-state index in [0.717, 1.165) is 12.8 Å². The van der Waals surface area contributed by atoms with Crippen molar-refractivity contribution in [2.24, 2.45) is 11.8 Å². The molecule has 1 aliphatic heterocycles. The highest BCUT2D eigenvalue weighted by atomic mass is 32.2. The molecule has 1 N–H and O–H groups in total. The molecule has 2 rings (SSSR count). The van der Waals surface area contributed by atoms with Crippen molar-refractivity contribution in [2.75, 3.05) is 18.8 Å². The highest BCUT2D eigenvalue weighted by Crippen LogP contribution is 2.38. The molecule has 1 saturated heterocycles. The summed E-state index contributed by atoms with van der Waals surface area (Å²) >= 11 is 0. The molecule has 0 spiro atoms. The largest absolute Gasteiger partial charge is 0.481 e. The SMILES string of the molecule is O=C(O)[C@@H]1CN(C(=O)CS(=O)(=O)C2CCCC2)C[C@H]1C(F)(F)F. The van der Waals surface area contributed by atoms with Crippen molar-refractivity contribution in [1.82, 2.24) is 4.90 Å². The van der Waals surface area contributed by atoms with Gasteiger partial charge < -0.3 is 10.0 Å². The maximum absolute atomic E-state index is 12.9. The van der Waals surface area contributed by atoms with Crippen molar-refractivity contribution in [2.45, 2.75) is 37.1 Å². The Hall–Kier alpha value is -1.32. The molecule has 1 amide bonds. The van der Waals surface area contributed by atoms with Gasteiger partial charge in [-0.1, -0.05) is 12.8 Å². The molecule has 2 atom stereocenters. The average molecular weight is 357 g/mol. The molecule has 10 heteroatoms. The van der Waals surface area contributed by atoms with Crippen LogP contribution in [0.25, 0.3) is 0 Å². The van der Waals surface area contributed by atoms with Gasteiger partial charge in [-0.3, -0.25) is 9.59 Å². The Morgan fingerprint density at radius 1 is 1.13 bits per heavy atom. The number of rotatable bonds is 4. The van der Waals surface area contributed by atoms with Gasteiger partial charge in [0.15, 0.2) is 9.84 Å². The molecule has 6 nitrogen and oxygen atoms in total. The second-order valence-electron chi connectivity index (χ2n) is 6.11. The monoisotopic (exact) mass is 357 g/mol. The topological polar surface area (TPSA) is 91.8 Å². The highest BCUT2D eigenvalue weighted by Gasteiger charge is 2.53. The number of nitrogens with zero attached hydrogens (tertiary/aromatic N) is 1. The van der Waals surface area contributed by atoms with Crippen LogP contribution in [-0.2, 0) is 19.4 Å². The number of hydrogen-bond acceptors (Lipinski definition) is 4. The minimum absolute atomic E-state index is 0.457. The zero-order valence-electron chi connectivity index (χ0n) is 12.3. The smallest absolute Gasteiger partial charge is 0.394 e. The maximum Gasteiger partial charge on any atom is 0.394 e. The number of amides is 1. The average Bonchev–Trinajstić information content (AvgIpc) is 3.07. The van der Waals surface area contributed by atoms with E-state index >= 15 is 0 Å². The molecule has 0 bridgehead atoms. The zero-order chi connectivity index (χ0) is 17.4. The quantitative estimate of drug-likeness (QED) is 0.812.